The molecule has 1 unspecified atom stereocenters. The predicted molar refractivity (Wildman–Crippen MR) is 224 cm³/mol. The Kier molecular flexibility index (Phi) is 29.8. The number of unbranched alkanes of at least 4 members (excludes halogenated alkanes) is 13. The number of esters is 2. The molecule has 0 aromatic heterocycles. The fourth-order valence-corrected chi connectivity index (χ4v) is 7.41. The minimum Gasteiger partial charge on any atom is -0.756 e. The van der Waals surface area contributed by atoms with E-state index in [-0.39, 0.29) is 37.7 Å². The summed E-state index contributed by atoms with van der Waals surface area (Å²) in [4.78, 5) is 37.8. The lowest BCUT2D eigenvalue weighted by Crippen LogP contribution is -2.37. The van der Waals surface area contributed by atoms with Crippen LogP contribution in [0.25, 0.3) is 0 Å². The van der Waals surface area contributed by atoms with Gasteiger partial charge in [-0.3, -0.25) is 14.2 Å². The lowest BCUT2D eigenvalue weighted by molar-refractivity contribution is -0.870. The second-order valence-corrected chi connectivity index (χ2v) is 18.1. The number of aliphatic hydroxyl groups excluding tert-OH is 3. The molecule has 0 aliphatic heterocycles. The van der Waals surface area contributed by atoms with Gasteiger partial charge in [0.15, 0.2) is 6.10 Å². The summed E-state index contributed by atoms with van der Waals surface area (Å²) >= 11 is 0. The molecular weight excluding hydrogens is 749 g/mol. The predicted octanol–water partition coefficient (Wildman–Crippen LogP) is 7.88. The first-order chi connectivity index (χ1) is 27.2. The average molecular weight is 830 g/mol. The smallest absolute Gasteiger partial charge is 0.309 e. The van der Waals surface area contributed by atoms with Gasteiger partial charge in [-0.1, -0.05) is 121 Å². The maximum atomic E-state index is 12.7. The number of likely N-dealkylation sites (N-methyl/N-ethyl adjacent to an activating group) is 1. The molecular formula is C44H80NO11P. The van der Waals surface area contributed by atoms with Crippen LogP contribution in [0.2, 0.25) is 0 Å². The van der Waals surface area contributed by atoms with Gasteiger partial charge in [-0.05, 0) is 50.9 Å². The summed E-state index contributed by atoms with van der Waals surface area (Å²) in [7, 11) is 0.989. The number of nitrogens with zero attached hydrogens (tertiary/aromatic N) is 1. The second kappa shape index (κ2) is 32.0. The van der Waals surface area contributed by atoms with Gasteiger partial charge in [-0.2, -0.15) is 0 Å². The molecule has 1 rings (SSSR count). The first-order valence-electron chi connectivity index (χ1n) is 22.0. The van der Waals surface area contributed by atoms with Crippen molar-refractivity contribution in [1.82, 2.24) is 0 Å². The van der Waals surface area contributed by atoms with E-state index >= 15 is 0 Å². The molecule has 332 valence electrons. The molecule has 13 heteroatoms. The second-order valence-electron chi connectivity index (χ2n) is 16.7. The molecule has 1 saturated carbocycles. The first-order valence-corrected chi connectivity index (χ1v) is 23.4. The number of phosphoric acid groups is 1. The molecule has 1 aliphatic carbocycles. The van der Waals surface area contributed by atoms with Crippen molar-refractivity contribution in [2.45, 2.75) is 173 Å². The third-order valence-electron chi connectivity index (χ3n) is 10.2. The number of hydrogen-bond acceptors (Lipinski definition) is 11. The van der Waals surface area contributed by atoms with Crippen LogP contribution >= 0.6 is 7.82 Å². The third-order valence-corrected chi connectivity index (χ3v) is 11.2. The Morgan fingerprint density at radius 3 is 2.05 bits per heavy atom. The standard InChI is InChI=1S/C44H80NO11P/c1-6-8-10-11-12-13-14-15-16-17-18-19-20-21-23-29-44(50)56-38(36-55-57(51,52)54-33-32-45(3,4)5)35-53-43(49)28-25-24-27-39-40(42(48)34-41(39)47)31-30-37(46)26-22-9-7-2/h13-14,24-25,30-31,37-42,46-48H,6-12,15-23,26-29,32-36H2,1-5H3/b14-13-,25-24-,31-30+/t37-,38-,39+,40-,41+,42-/m1/s1. The summed E-state index contributed by atoms with van der Waals surface area (Å²) in [5, 5.41) is 31.4. The van der Waals surface area contributed by atoms with Gasteiger partial charge >= 0.3 is 11.9 Å². The molecule has 0 heterocycles. The van der Waals surface area contributed by atoms with Crippen molar-refractivity contribution >= 4 is 19.8 Å². The van der Waals surface area contributed by atoms with E-state index in [1.165, 1.54) is 44.9 Å². The van der Waals surface area contributed by atoms with Crippen LogP contribution in [0.4, 0.5) is 0 Å². The van der Waals surface area contributed by atoms with Gasteiger partial charge in [0.05, 0.1) is 52.5 Å². The van der Waals surface area contributed by atoms with Gasteiger partial charge in [0.2, 0.25) is 0 Å². The van der Waals surface area contributed by atoms with Gasteiger partial charge in [-0.25, -0.2) is 0 Å². The number of aliphatic hydroxyl groups is 3. The average Bonchev–Trinajstić information content (AvgIpc) is 3.42. The van der Waals surface area contributed by atoms with E-state index in [0.717, 1.165) is 51.4 Å². The number of hydrogen-bond donors (Lipinski definition) is 3. The Bertz CT molecular complexity index is 1190. The highest BCUT2D eigenvalue weighted by Crippen LogP contribution is 2.38. The lowest BCUT2D eigenvalue weighted by Gasteiger charge is -2.28. The molecule has 7 atom stereocenters. The number of rotatable bonds is 35. The summed E-state index contributed by atoms with van der Waals surface area (Å²) in [6.07, 6.45) is 27.3. The maximum Gasteiger partial charge on any atom is 0.309 e. The van der Waals surface area contributed by atoms with E-state index in [0.29, 0.717) is 30.3 Å². The largest absolute Gasteiger partial charge is 0.756 e. The molecule has 0 saturated heterocycles. The van der Waals surface area contributed by atoms with E-state index in [9.17, 15) is 34.4 Å². The van der Waals surface area contributed by atoms with Crippen LogP contribution in [0.5, 0.6) is 0 Å². The van der Waals surface area contributed by atoms with E-state index in [1.807, 2.05) is 21.1 Å². The van der Waals surface area contributed by atoms with Gasteiger partial charge in [0, 0.05) is 18.8 Å². The molecule has 12 nitrogen and oxygen atoms in total. The number of allylic oxidation sites excluding steroid dienone is 3. The Labute approximate surface area is 345 Å². The summed E-state index contributed by atoms with van der Waals surface area (Å²) in [5.41, 5.74) is 0. The van der Waals surface area contributed by atoms with Crippen LogP contribution in [-0.2, 0) is 32.7 Å². The minimum atomic E-state index is -4.71. The summed E-state index contributed by atoms with van der Waals surface area (Å²) in [6.45, 7) is 3.72. The van der Waals surface area contributed by atoms with Gasteiger partial charge < -0.3 is 43.2 Å². The molecule has 0 amide bonds. The summed E-state index contributed by atoms with van der Waals surface area (Å²) < 4.78 is 33.8. The van der Waals surface area contributed by atoms with Crippen LogP contribution in [0, 0.1) is 11.8 Å². The van der Waals surface area contributed by atoms with Crippen LogP contribution in [0.3, 0.4) is 0 Å². The minimum absolute atomic E-state index is 0.0822. The lowest BCUT2D eigenvalue weighted by atomic mass is 9.89. The molecule has 57 heavy (non-hydrogen) atoms. The highest BCUT2D eigenvalue weighted by molar-refractivity contribution is 7.45. The zero-order chi connectivity index (χ0) is 42.4. The number of quaternary nitrogens is 1. The number of phosphoric ester groups is 1. The molecule has 0 aromatic rings. The van der Waals surface area contributed by atoms with Gasteiger partial charge in [-0.15, -0.1) is 0 Å². The molecule has 3 N–H and O–H groups in total. The van der Waals surface area contributed by atoms with E-state index < -0.39 is 57.4 Å². The monoisotopic (exact) mass is 830 g/mol. The Morgan fingerprint density at radius 1 is 0.789 bits per heavy atom. The van der Waals surface area contributed by atoms with Crippen molar-refractivity contribution in [3.05, 3.63) is 36.5 Å². The molecule has 1 fully saturated rings. The zero-order valence-electron chi connectivity index (χ0n) is 36.1. The molecule has 0 bridgehead atoms. The van der Waals surface area contributed by atoms with Crippen LogP contribution in [0.15, 0.2) is 36.5 Å². The maximum absolute atomic E-state index is 12.7. The topological polar surface area (TPSA) is 172 Å². The molecule has 0 spiro atoms. The van der Waals surface area contributed by atoms with Gasteiger partial charge in [0.25, 0.3) is 7.82 Å². The quantitative estimate of drug-likeness (QED) is 0.0187. The number of carbonyl (C=O) groups is 2. The SMILES string of the molecule is CCCCCC/C=C\CCCCCCCCCC(=O)O[C@H](COC(=O)C/C=C\C[C@H]1[C@@H](/C=C/[C@H](O)CCCCC)[C@H](O)C[C@@H]1O)COP(=O)([O-])OCC[N+](C)(C)C. The van der Waals surface area contributed by atoms with Crippen molar-refractivity contribution in [3.8, 4) is 0 Å². The molecule has 0 radical (unpaired) electrons. The Balaban J connectivity index is 2.56. The molecule has 0 aromatic carbocycles. The highest BCUT2D eigenvalue weighted by Gasteiger charge is 2.39. The van der Waals surface area contributed by atoms with Crippen LogP contribution in [-0.4, -0.2) is 104 Å². The highest BCUT2D eigenvalue weighted by atomic mass is 31.2. The van der Waals surface area contributed by atoms with Crippen molar-refractivity contribution in [1.29, 1.82) is 0 Å². The van der Waals surface area contributed by atoms with Crippen molar-refractivity contribution in [2.75, 3.05) is 47.5 Å². The fourth-order valence-electron chi connectivity index (χ4n) is 6.68. The Hall–Kier alpha value is -1.89. The van der Waals surface area contributed by atoms with Crippen molar-refractivity contribution in [3.63, 3.8) is 0 Å². The zero-order valence-corrected chi connectivity index (χ0v) is 37.0. The van der Waals surface area contributed by atoms with Crippen LogP contribution < -0.4 is 4.89 Å². The first kappa shape index (κ1) is 53.1. The van der Waals surface area contributed by atoms with Crippen molar-refractivity contribution < 1.29 is 57.4 Å². The van der Waals surface area contributed by atoms with E-state index in [2.05, 4.69) is 26.0 Å². The third kappa shape index (κ3) is 29.1. The fraction of sp³-hybridized carbons (Fsp3) is 0.818. The van der Waals surface area contributed by atoms with E-state index in [4.69, 9.17) is 18.5 Å². The number of carbonyl (C=O) groups excluding carboxylic acids is 2. The number of ether oxygens (including phenoxy) is 2. The molecule has 1 aliphatic rings. The summed E-state index contributed by atoms with van der Waals surface area (Å²) in [5.74, 6) is -1.74. The van der Waals surface area contributed by atoms with Crippen LogP contribution in [0.1, 0.15) is 149 Å². The van der Waals surface area contributed by atoms with E-state index in [1.54, 1.807) is 24.3 Å². The summed E-state index contributed by atoms with van der Waals surface area (Å²) in [6, 6.07) is 0. The Morgan fingerprint density at radius 2 is 1.40 bits per heavy atom. The van der Waals surface area contributed by atoms with Gasteiger partial charge in [0.1, 0.15) is 19.8 Å². The normalized spacial score (nSPS) is 21.1. The van der Waals surface area contributed by atoms with Crippen molar-refractivity contribution in [2.24, 2.45) is 11.8 Å².